The Bertz CT molecular complexity index is 1240. The predicted octanol–water partition coefficient (Wildman–Crippen LogP) is 5.42. The molecule has 0 saturated heterocycles. The molecule has 30 heavy (non-hydrogen) atoms. The number of nitrogens with zero attached hydrogens (tertiary/aromatic N) is 2. The van der Waals surface area contributed by atoms with Crippen LogP contribution in [0.4, 0.5) is 21.9 Å². The molecule has 1 aliphatic heterocycles. The maximum absolute atomic E-state index is 12.5. The van der Waals surface area contributed by atoms with Gasteiger partial charge in [0.2, 0.25) is 0 Å². The van der Waals surface area contributed by atoms with E-state index in [0.717, 1.165) is 47.5 Å². The van der Waals surface area contributed by atoms with Gasteiger partial charge in [-0.3, -0.25) is 0 Å². The number of carbonyl (C=O) groups is 1. The summed E-state index contributed by atoms with van der Waals surface area (Å²) in [6.07, 6.45) is 4.69. The fourth-order valence-electron chi connectivity index (χ4n) is 3.98. The highest BCUT2D eigenvalue weighted by Gasteiger charge is 2.23. The van der Waals surface area contributed by atoms with Crippen LogP contribution in [0.25, 0.3) is 11.0 Å². The molecule has 2 aromatic heterocycles. The number of fused-ring (bicyclic) bond motifs is 2. The van der Waals surface area contributed by atoms with Gasteiger partial charge in [-0.2, -0.15) is 0 Å². The Morgan fingerprint density at radius 2 is 2.03 bits per heavy atom. The fourth-order valence-corrected chi connectivity index (χ4v) is 4.17. The molecule has 3 N–H and O–H groups in total. The van der Waals surface area contributed by atoms with Gasteiger partial charge in [0.15, 0.2) is 0 Å². The number of urea groups is 1. The van der Waals surface area contributed by atoms with E-state index in [1.54, 1.807) is 30.5 Å². The summed E-state index contributed by atoms with van der Waals surface area (Å²) in [6.45, 7) is 1.69. The number of halogens is 1. The van der Waals surface area contributed by atoms with Crippen LogP contribution in [0.1, 0.15) is 11.1 Å². The van der Waals surface area contributed by atoms with Gasteiger partial charge in [-0.1, -0.05) is 23.7 Å². The van der Waals surface area contributed by atoms with E-state index < -0.39 is 0 Å². The minimum Gasteiger partial charge on any atom is -0.367 e. The van der Waals surface area contributed by atoms with Crippen LogP contribution in [-0.2, 0) is 13.0 Å². The van der Waals surface area contributed by atoms with Crippen LogP contribution >= 0.6 is 11.6 Å². The largest absolute Gasteiger partial charge is 0.367 e. The van der Waals surface area contributed by atoms with E-state index in [9.17, 15) is 4.79 Å². The van der Waals surface area contributed by atoms with Gasteiger partial charge in [0.05, 0.1) is 0 Å². The summed E-state index contributed by atoms with van der Waals surface area (Å²) >= 11 is 5.99. The fraction of sp³-hybridized carbons (Fsp3) is 0.130. The van der Waals surface area contributed by atoms with Crippen LogP contribution < -0.4 is 15.5 Å². The Morgan fingerprint density at radius 1 is 1.13 bits per heavy atom. The Labute approximate surface area is 178 Å². The van der Waals surface area contributed by atoms with Crippen LogP contribution in [0.5, 0.6) is 0 Å². The van der Waals surface area contributed by atoms with Gasteiger partial charge in [0, 0.05) is 58.5 Å². The average Bonchev–Trinajstić information content (AvgIpc) is 3.34. The summed E-state index contributed by atoms with van der Waals surface area (Å²) in [5, 5.41) is 7.53. The second-order valence-electron chi connectivity index (χ2n) is 7.28. The number of carbonyl (C=O) groups excluding carboxylic acids is 1. The lowest BCUT2D eigenvalue weighted by Crippen LogP contribution is -2.20. The second kappa shape index (κ2) is 7.72. The van der Waals surface area contributed by atoms with E-state index in [1.807, 2.05) is 24.4 Å². The van der Waals surface area contributed by atoms with Crippen molar-refractivity contribution in [3.8, 4) is 0 Å². The first kappa shape index (κ1) is 18.5. The Kier molecular flexibility index (Phi) is 4.77. The van der Waals surface area contributed by atoms with Gasteiger partial charge < -0.3 is 20.5 Å². The second-order valence-corrected chi connectivity index (χ2v) is 7.71. The number of pyridine rings is 1. The molecule has 0 radical (unpaired) electrons. The number of aromatic amines is 1. The van der Waals surface area contributed by atoms with Gasteiger partial charge in [-0.25, -0.2) is 9.78 Å². The molecule has 0 atom stereocenters. The van der Waals surface area contributed by atoms with E-state index in [1.165, 1.54) is 5.56 Å². The van der Waals surface area contributed by atoms with Gasteiger partial charge in [0.1, 0.15) is 5.65 Å². The number of aromatic nitrogens is 2. The van der Waals surface area contributed by atoms with Gasteiger partial charge >= 0.3 is 6.03 Å². The monoisotopic (exact) mass is 417 g/mol. The molecule has 2 amide bonds. The van der Waals surface area contributed by atoms with Crippen LogP contribution in [0.3, 0.4) is 0 Å². The zero-order chi connectivity index (χ0) is 20.5. The molecular formula is C23H20ClN5O. The summed E-state index contributed by atoms with van der Waals surface area (Å²) in [6, 6.07) is 16.9. The van der Waals surface area contributed by atoms with Crippen molar-refractivity contribution < 1.29 is 4.79 Å². The molecule has 6 nitrogen and oxygen atoms in total. The number of H-pyrrole nitrogens is 1. The van der Waals surface area contributed by atoms with Crippen LogP contribution in [0.15, 0.2) is 67.0 Å². The summed E-state index contributed by atoms with van der Waals surface area (Å²) in [4.78, 5) is 22.4. The normalized spacial score (nSPS) is 12.8. The molecule has 0 unspecified atom stereocenters. The SMILES string of the molecule is O=C(Nc1cccc(Cl)c1)Nc1cccc2c1CCN2Cc1c[nH]c2ncccc12. The molecule has 0 fully saturated rings. The van der Waals surface area contributed by atoms with E-state index in [2.05, 4.69) is 37.6 Å². The number of rotatable bonds is 4. The third-order valence-electron chi connectivity index (χ3n) is 5.35. The standard InChI is InChI=1S/C23H20ClN5O/c24-16-4-1-5-17(12-16)27-23(30)28-20-7-2-8-21-19(20)9-11-29(21)14-15-13-26-22-18(15)6-3-10-25-22/h1-8,10,12-13H,9,11,14H2,(H,25,26)(H2,27,28,30). The molecule has 5 rings (SSSR count). The van der Waals surface area contributed by atoms with Crippen molar-refractivity contribution in [2.45, 2.75) is 13.0 Å². The zero-order valence-corrected chi connectivity index (χ0v) is 16.9. The van der Waals surface area contributed by atoms with Gasteiger partial charge in [0.25, 0.3) is 0 Å². The topological polar surface area (TPSA) is 73.1 Å². The Hall–Kier alpha value is -3.51. The third kappa shape index (κ3) is 3.57. The first-order valence-corrected chi connectivity index (χ1v) is 10.2. The van der Waals surface area contributed by atoms with E-state index in [4.69, 9.17) is 11.6 Å². The molecule has 0 saturated carbocycles. The first-order chi connectivity index (χ1) is 14.7. The van der Waals surface area contributed by atoms with Crippen molar-refractivity contribution in [1.82, 2.24) is 9.97 Å². The van der Waals surface area contributed by atoms with Crippen molar-refractivity contribution in [1.29, 1.82) is 0 Å². The van der Waals surface area contributed by atoms with Crippen molar-refractivity contribution >= 4 is 45.7 Å². The van der Waals surface area contributed by atoms with Crippen LogP contribution in [-0.4, -0.2) is 22.5 Å². The molecule has 0 spiro atoms. The average molecular weight is 418 g/mol. The van der Waals surface area contributed by atoms with Crippen LogP contribution in [0.2, 0.25) is 5.02 Å². The third-order valence-corrected chi connectivity index (χ3v) is 5.59. The Balaban J connectivity index is 1.34. The molecule has 1 aliphatic rings. The summed E-state index contributed by atoms with van der Waals surface area (Å²) in [5.41, 5.74) is 5.89. The number of hydrogen-bond acceptors (Lipinski definition) is 3. The molecular weight excluding hydrogens is 398 g/mol. The van der Waals surface area contributed by atoms with E-state index >= 15 is 0 Å². The number of benzene rings is 2. The number of hydrogen-bond donors (Lipinski definition) is 3. The molecule has 4 aromatic rings. The number of amides is 2. The van der Waals surface area contributed by atoms with Gasteiger partial charge in [-0.15, -0.1) is 0 Å². The lowest BCUT2D eigenvalue weighted by Gasteiger charge is -2.19. The smallest absolute Gasteiger partial charge is 0.323 e. The molecule has 2 aromatic carbocycles. The summed E-state index contributed by atoms with van der Waals surface area (Å²) in [7, 11) is 0. The quantitative estimate of drug-likeness (QED) is 0.415. The molecule has 150 valence electrons. The summed E-state index contributed by atoms with van der Waals surface area (Å²) < 4.78 is 0. The van der Waals surface area contributed by atoms with Gasteiger partial charge in [-0.05, 0) is 54.4 Å². The molecule has 7 heteroatoms. The zero-order valence-electron chi connectivity index (χ0n) is 16.2. The highest BCUT2D eigenvalue weighted by Crippen LogP contribution is 2.35. The highest BCUT2D eigenvalue weighted by atomic mass is 35.5. The predicted molar refractivity (Wildman–Crippen MR) is 121 cm³/mol. The van der Waals surface area contributed by atoms with E-state index in [-0.39, 0.29) is 6.03 Å². The Morgan fingerprint density at radius 3 is 2.93 bits per heavy atom. The lowest BCUT2D eigenvalue weighted by molar-refractivity contribution is 0.262. The van der Waals surface area contributed by atoms with Crippen molar-refractivity contribution in [3.63, 3.8) is 0 Å². The van der Waals surface area contributed by atoms with Crippen molar-refractivity contribution in [2.75, 3.05) is 22.1 Å². The maximum atomic E-state index is 12.5. The highest BCUT2D eigenvalue weighted by molar-refractivity contribution is 6.30. The van der Waals surface area contributed by atoms with E-state index in [0.29, 0.717) is 10.7 Å². The molecule has 0 aliphatic carbocycles. The summed E-state index contributed by atoms with van der Waals surface area (Å²) in [5.74, 6) is 0. The van der Waals surface area contributed by atoms with Crippen molar-refractivity contribution in [3.05, 3.63) is 83.1 Å². The minimum absolute atomic E-state index is 0.285. The van der Waals surface area contributed by atoms with Crippen molar-refractivity contribution in [2.24, 2.45) is 0 Å². The molecule has 0 bridgehead atoms. The first-order valence-electron chi connectivity index (χ1n) is 9.79. The number of nitrogens with one attached hydrogen (secondary N) is 3. The lowest BCUT2D eigenvalue weighted by atomic mass is 10.1. The minimum atomic E-state index is -0.285. The molecule has 3 heterocycles. The maximum Gasteiger partial charge on any atom is 0.323 e. The van der Waals surface area contributed by atoms with Crippen LogP contribution in [0, 0.1) is 0 Å². The number of anilines is 3.